The molecule has 0 saturated heterocycles. The van der Waals surface area contributed by atoms with Crippen LogP contribution in [0.4, 0.5) is 4.39 Å². The van der Waals surface area contributed by atoms with E-state index in [1.165, 1.54) is 12.1 Å². The van der Waals surface area contributed by atoms with Crippen LogP contribution in [0.2, 0.25) is 0 Å². The molecule has 110 valence electrons. The molecule has 0 heterocycles. The van der Waals surface area contributed by atoms with Crippen molar-refractivity contribution in [2.24, 2.45) is 0 Å². The summed E-state index contributed by atoms with van der Waals surface area (Å²) < 4.78 is 12.9. The smallest absolute Gasteiger partial charge is 0.221 e. The summed E-state index contributed by atoms with van der Waals surface area (Å²) in [5.74, 6) is -0.196. The number of halogens is 1. The van der Waals surface area contributed by atoms with E-state index in [2.05, 4.69) is 5.32 Å². The number of nitrogens with one attached hydrogen (secondary N) is 1. The quantitative estimate of drug-likeness (QED) is 0.841. The summed E-state index contributed by atoms with van der Waals surface area (Å²) >= 11 is 0. The zero-order chi connectivity index (χ0) is 14.6. The molecule has 20 heavy (non-hydrogen) atoms. The molecule has 1 aliphatic rings. The van der Waals surface area contributed by atoms with E-state index in [-0.39, 0.29) is 29.8 Å². The maximum Gasteiger partial charge on any atom is 0.221 e. The van der Waals surface area contributed by atoms with Crippen LogP contribution in [0.25, 0.3) is 0 Å². The summed E-state index contributed by atoms with van der Waals surface area (Å²) in [6.07, 6.45) is 4.02. The van der Waals surface area contributed by atoms with E-state index < -0.39 is 0 Å². The minimum Gasteiger partial charge on any atom is -0.396 e. The first-order valence-corrected chi connectivity index (χ1v) is 7.22. The molecule has 2 N–H and O–H groups in total. The van der Waals surface area contributed by atoms with Crippen LogP contribution in [0.5, 0.6) is 0 Å². The third kappa shape index (κ3) is 3.57. The fourth-order valence-electron chi connectivity index (χ4n) is 2.79. The van der Waals surface area contributed by atoms with Crippen LogP contribution >= 0.6 is 0 Å². The minimum atomic E-state index is -0.262. The zero-order valence-corrected chi connectivity index (χ0v) is 11.9. The Morgan fingerprint density at radius 1 is 1.40 bits per heavy atom. The van der Waals surface area contributed by atoms with Gasteiger partial charge in [0.25, 0.3) is 0 Å². The van der Waals surface area contributed by atoms with Crippen molar-refractivity contribution < 1.29 is 14.3 Å². The molecule has 1 saturated carbocycles. The molecule has 3 nitrogen and oxygen atoms in total. The Bertz CT molecular complexity index is 454. The van der Waals surface area contributed by atoms with Crippen LogP contribution in [0.3, 0.4) is 0 Å². The normalized spacial score (nSPS) is 18.1. The van der Waals surface area contributed by atoms with E-state index in [1.807, 2.05) is 6.92 Å². The first-order valence-electron chi connectivity index (χ1n) is 7.22. The summed E-state index contributed by atoms with van der Waals surface area (Å²) in [6, 6.07) is 6.28. The van der Waals surface area contributed by atoms with Crippen LogP contribution in [0.15, 0.2) is 24.3 Å². The second-order valence-corrected chi connectivity index (χ2v) is 5.81. The summed E-state index contributed by atoms with van der Waals surface area (Å²) in [6.45, 7) is 2.07. The van der Waals surface area contributed by atoms with Gasteiger partial charge in [0, 0.05) is 18.6 Å². The molecule has 0 aliphatic heterocycles. The lowest BCUT2D eigenvalue weighted by Crippen LogP contribution is -2.54. The number of carbonyl (C=O) groups excluding carboxylic acids is 1. The van der Waals surface area contributed by atoms with Gasteiger partial charge in [-0.05, 0) is 49.3 Å². The van der Waals surface area contributed by atoms with E-state index in [0.717, 1.165) is 24.8 Å². The van der Waals surface area contributed by atoms with Crippen molar-refractivity contribution in [3.63, 3.8) is 0 Å². The summed E-state index contributed by atoms with van der Waals surface area (Å²) in [5, 5.41) is 12.1. The van der Waals surface area contributed by atoms with E-state index in [0.29, 0.717) is 12.8 Å². The molecule has 0 spiro atoms. The highest BCUT2D eigenvalue weighted by atomic mass is 19.1. The lowest BCUT2D eigenvalue weighted by molar-refractivity contribution is -0.124. The van der Waals surface area contributed by atoms with Crippen LogP contribution < -0.4 is 5.32 Å². The Labute approximate surface area is 119 Å². The van der Waals surface area contributed by atoms with Gasteiger partial charge in [-0.25, -0.2) is 4.39 Å². The Kier molecular flexibility index (Phi) is 4.76. The molecule has 0 bridgehead atoms. The molecule has 4 heteroatoms. The minimum absolute atomic E-state index is 0.00924. The highest BCUT2D eigenvalue weighted by Gasteiger charge is 2.37. The van der Waals surface area contributed by atoms with Crippen LogP contribution in [-0.2, 0) is 4.79 Å². The molecule has 0 aromatic heterocycles. The monoisotopic (exact) mass is 279 g/mol. The number of benzene rings is 1. The van der Waals surface area contributed by atoms with Gasteiger partial charge in [-0.3, -0.25) is 4.79 Å². The van der Waals surface area contributed by atoms with E-state index >= 15 is 0 Å². The first kappa shape index (κ1) is 15.0. The van der Waals surface area contributed by atoms with Gasteiger partial charge in [-0.2, -0.15) is 0 Å². The number of aliphatic hydroxyl groups excluding tert-OH is 1. The number of aliphatic hydroxyl groups is 1. The second kappa shape index (κ2) is 6.35. The Morgan fingerprint density at radius 2 is 2.05 bits per heavy atom. The average Bonchev–Trinajstić information content (AvgIpc) is 2.37. The molecule has 1 unspecified atom stereocenters. The lowest BCUT2D eigenvalue weighted by Gasteiger charge is -2.42. The molecule has 1 aromatic rings. The largest absolute Gasteiger partial charge is 0.396 e. The zero-order valence-electron chi connectivity index (χ0n) is 11.9. The fraction of sp³-hybridized carbons (Fsp3) is 0.562. The van der Waals surface area contributed by atoms with E-state index in [1.54, 1.807) is 12.1 Å². The molecule has 2 rings (SSSR count). The van der Waals surface area contributed by atoms with Gasteiger partial charge in [-0.1, -0.05) is 19.1 Å². The highest BCUT2D eigenvalue weighted by Crippen LogP contribution is 2.35. The molecule has 1 amide bonds. The molecule has 1 fully saturated rings. The van der Waals surface area contributed by atoms with Gasteiger partial charge < -0.3 is 10.4 Å². The number of rotatable bonds is 6. The Morgan fingerprint density at radius 3 is 2.55 bits per heavy atom. The lowest BCUT2D eigenvalue weighted by atomic mass is 9.74. The summed E-state index contributed by atoms with van der Waals surface area (Å²) in [7, 11) is 0. The standard InChI is InChI=1S/C16H22FNO2/c1-12(13-3-5-14(17)6-4-13)11-15(20)18-16(9-10-19)7-2-8-16/h3-6,12,19H,2,7-11H2,1H3,(H,18,20). The van der Waals surface area contributed by atoms with Gasteiger partial charge >= 0.3 is 0 Å². The van der Waals surface area contributed by atoms with Crippen LogP contribution in [-0.4, -0.2) is 23.2 Å². The van der Waals surface area contributed by atoms with Crippen molar-refractivity contribution in [3.05, 3.63) is 35.6 Å². The maximum absolute atomic E-state index is 12.9. The highest BCUT2D eigenvalue weighted by molar-refractivity contribution is 5.77. The molecule has 0 radical (unpaired) electrons. The van der Waals surface area contributed by atoms with Crippen LogP contribution in [0, 0.1) is 5.82 Å². The van der Waals surface area contributed by atoms with Gasteiger partial charge in [0.15, 0.2) is 0 Å². The number of hydrogen-bond acceptors (Lipinski definition) is 2. The third-order valence-corrected chi connectivity index (χ3v) is 4.24. The van der Waals surface area contributed by atoms with Gasteiger partial charge in [0.1, 0.15) is 5.82 Å². The van der Waals surface area contributed by atoms with Crippen molar-refractivity contribution in [2.45, 2.75) is 50.5 Å². The third-order valence-electron chi connectivity index (χ3n) is 4.24. The van der Waals surface area contributed by atoms with Crippen LogP contribution in [0.1, 0.15) is 50.5 Å². The Balaban J connectivity index is 1.89. The fourth-order valence-corrected chi connectivity index (χ4v) is 2.79. The SMILES string of the molecule is CC(CC(=O)NC1(CCO)CCC1)c1ccc(F)cc1. The number of hydrogen-bond donors (Lipinski definition) is 2. The number of carbonyl (C=O) groups is 1. The van der Waals surface area contributed by atoms with Crippen molar-refractivity contribution >= 4 is 5.91 Å². The maximum atomic E-state index is 12.9. The Hall–Kier alpha value is -1.42. The number of amides is 1. The van der Waals surface area contributed by atoms with Crippen molar-refractivity contribution in [1.82, 2.24) is 5.32 Å². The molecule has 1 atom stereocenters. The van der Waals surface area contributed by atoms with Gasteiger partial charge in [-0.15, -0.1) is 0 Å². The van der Waals surface area contributed by atoms with Crippen molar-refractivity contribution in [2.75, 3.05) is 6.61 Å². The molecular formula is C16H22FNO2. The first-order chi connectivity index (χ1) is 9.54. The predicted molar refractivity (Wildman–Crippen MR) is 75.9 cm³/mol. The summed E-state index contributed by atoms with van der Waals surface area (Å²) in [4.78, 5) is 12.1. The molecular weight excluding hydrogens is 257 g/mol. The second-order valence-electron chi connectivity index (χ2n) is 5.81. The average molecular weight is 279 g/mol. The molecule has 1 aromatic carbocycles. The van der Waals surface area contributed by atoms with Crippen molar-refractivity contribution in [3.8, 4) is 0 Å². The van der Waals surface area contributed by atoms with Crippen molar-refractivity contribution in [1.29, 1.82) is 0 Å². The van der Waals surface area contributed by atoms with Gasteiger partial charge in [0.05, 0.1) is 0 Å². The van der Waals surface area contributed by atoms with Gasteiger partial charge in [0.2, 0.25) is 5.91 Å². The van der Waals surface area contributed by atoms with E-state index in [4.69, 9.17) is 5.11 Å². The van der Waals surface area contributed by atoms with E-state index in [9.17, 15) is 9.18 Å². The topological polar surface area (TPSA) is 49.3 Å². The summed E-state index contributed by atoms with van der Waals surface area (Å²) in [5.41, 5.74) is 0.778. The predicted octanol–water partition coefficient (Wildman–Crippen LogP) is 2.74. The molecule has 1 aliphatic carbocycles.